The van der Waals surface area contributed by atoms with E-state index in [4.69, 9.17) is 20.8 Å². The first-order chi connectivity index (χ1) is 10.9. The largest absolute Gasteiger partial charge is 0.449 e. The molecule has 0 aliphatic rings. The highest BCUT2D eigenvalue weighted by molar-refractivity contribution is 6.31. The molecule has 1 N–H and O–H groups in total. The number of halogens is 1. The molecular formula is C16H16ClNO5. The molecule has 0 bridgehead atoms. The van der Waals surface area contributed by atoms with Crippen LogP contribution in [0.5, 0.6) is 0 Å². The fourth-order valence-electron chi connectivity index (χ4n) is 1.89. The van der Waals surface area contributed by atoms with Crippen molar-refractivity contribution in [3.63, 3.8) is 0 Å². The van der Waals surface area contributed by atoms with E-state index in [2.05, 4.69) is 5.32 Å². The van der Waals surface area contributed by atoms with Gasteiger partial charge in [-0.1, -0.05) is 18.5 Å². The third-order valence-corrected chi connectivity index (χ3v) is 3.33. The second kappa shape index (κ2) is 7.28. The first kappa shape index (κ1) is 17.0. The smallest absolute Gasteiger partial charge is 0.375 e. The highest BCUT2D eigenvalue weighted by atomic mass is 35.5. The van der Waals surface area contributed by atoms with Crippen LogP contribution in [0.4, 0.5) is 0 Å². The number of fused-ring (bicyclic) bond motifs is 1. The molecule has 0 radical (unpaired) electrons. The van der Waals surface area contributed by atoms with Crippen molar-refractivity contribution in [3.05, 3.63) is 45.3 Å². The minimum absolute atomic E-state index is 0.219. The first-order valence-corrected chi connectivity index (χ1v) is 7.52. The number of benzene rings is 1. The quantitative estimate of drug-likeness (QED) is 0.847. The molecule has 0 fully saturated rings. The second-order valence-corrected chi connectivity index (χ2v) is 5.39. The molecule has 0 aliphatic heterocycles. The van der Waals surface area contributed by atoms with Gasteiger partial charge in [0.25, 0.3) is 5.91 Å². The van der Waals surface area contributed by atoms with Gasteiger partial charge in [-0.15, -0.1) is 0 Å². The minimum Gasteiger partial charge on any atom is -0.449 e. The number of nitrogens with one attached hydrogen (secondary N) is 1. The third-order valence-electron chi connectivity index (χ3n) is 3.09. The Morgan fingerprint density at radius 1 is 1.35 bits per heavy atom. The monoisotopic (exact) mass is 337 g/mol. The molecule has 0 unspecified atom stereocenters. The first-order valence-electron chi connectivity index (χ1n) is 7.14. The molecule has 7 heteroatoms. The van der Waals surface area contributed by atoms with Crippen molar-refractivity contribution in [2.75, 3.05) is 6.54 Å². The number of amides is 1. The molecule has 1 atom stereocenters. The van der Waals surface area contributed by atoms with Crippen molar-refractivity contribution in [1.82, 2.24) is 5.32 Å². The molecule has 0 saturated heterocycles. The van der Waals surface area contributed by atoms with Crippen molar-refractivity contribution in [3.8, 4) is 0 Å². The van der Waals surface area contributed by atoms with E-state index in [-0.39, 0.29) is 16.7 Å². The molecule has 122 valence electrons. The third kappa shape index (κ3) is 4.10. The van der Waals surface area contributed by atoms with Crippen LogP contribution in [0.1, 0.15) is 30.8 Å². The van der Waals surface area contributed by atoms with E-state index in [1.165, 1.54) is 19.1 Å². The van der Waals surface area contributed by atoms with Gasteiger partial charge in [-0.05, 0) is 31.5 Å². The fraction of sp³-hybridized carbons (Fsp3) is 0.312. The SMILES string of the molecule is CCCNC(=O)[C@H](C)OC(=O)c1cc(=O)c2cc(Cl)ccc2o1. The van der Waals surface area contributed by atoms with Gasteiger partial charge in [-0.25, -0.2) is 4.79 Å². The lowest BCUT2D eigenvalue weighted by atomic mass is 10.2. The summed E-state index contributed by atoms with van der Waals surface area (Å²) < 4.78 is 10.4. The summed E-state index contributed by atoms with van der Waals surface area (Å²) in [5.41, 5.74) is -0.194. The number of hydrogen-bond acceptors (Lipinski definition) is 5. The van der Waals surface area contributed by atoms with E-state index in [9.17, 15) is 14.4 Å². The Morgan fingerprint density at radius 3 is 2.78 bits per heavy atom. The average Bonchev–Trinajstić information content (AvgIpc) is 2.52. The van der Waals surface area contributed by atoms with Gasteiger partial charge in [0.1, 0.15) is 5.58 Å². The van der Waals surface area contributed by atoms with E-state index in [1.54, 1.807) is 6.07 Å². The maximum Gasteiger partial charge on any atom is 0.375 e. The van der Waals surface area contributed by atoms with Crippen LogP contribution >= 0.6 is 11.6 Å². The van der Waals surface area contributed by atoms with E-state index in [0.29, 0.717) is 11.6 Å². The van der Waals surface area contributed by atoms with Gasteiger partial charge < -0.3 is 14.5 Å². The molecule has 2 rings (SSSR count). The molecule has 1 amide bonds. The molecule has 1 aromatic heterocycles. The zero-order chi connectivity index (χ0) is 17.0. The summed E-state index contributed by atoms with van der Waals surface area (Å²) in [6.07, 6.45) is -0.214. The zero-order valence-corrected chi connectivity index (χ0v) is 13.5. The second-order valence-electron chi connectivity index (χ2n) is 4.95. The number of carbonyl (C=O) groups is 2. The maximum atomic E-state index is 12.0. The van der Waals surface area contributed by atoms with E-state index < -0.39 is 23.4 Å². The fourth-order valence-corrected chi connectivity index (χ4v) is 2.07. The van der Waals surface area contributed by atoms with Gasteiger partial charge in [0, 0.05) is 17.6 Å². The summed E-state index contributed by atoms with van der Waals surface area (Å²) >= 11 is 5.82. The van der Waals surface area contributed by atoms with Crippen LogP contribution in [0.3, 0.4) is 0 Å². The van der Waals surface area contributed by atoms with Gasteiger partial charge in [0.2, 0.25) is 5.76 Å². The van der Waals surface area contributed by atoms with Crippen LogP contribution < -0.4 is 10.7 Å². The van der Waals surface area contributed by atoms with Crippen LogP contribution in [0.25, 0.3) is 11.0 Å². The highest BCUT2D eigenvalue weighted by Gasteiger charge is 2.21. The molecule has 0 aliphatic carbocycles. The zero-order valence-electron chi connectivity index (χ0n) is 12.7. The van der Waals surface area contributed by atoms with Gasteiger partial charge in [-0.3, -0.25) is 9.59 Å². The summed E-state index contributed by atoms with van der Waals surface area (Å²) in [6.45, 7) is 3.85. The molecule has 0 saturated carbocycles. The number of esters is 1. The number of rotatable bonds is 5. The van der Waals surface area contributed by atoms with Crippen molar-refractivity contribution in [1.29, 1.82) is 0 Å². The van der Waals surface area contributed by atoms with Crippen LogP contribution in [0.15, 0.2) is 33.5 Å². The predicted molar refractivity (Wildman–Crippen MR) is 85.7 cm³/mol. The minimum atomic E-state index is -0.986. The molecule has 1 aromatic carbocycles. The van der Waals surface area contributed by atoms with Gasteiger partial charge in [-0.2, -0.15) is 0 Å². The molecule has 6 nitrogen and oxygen atoms in total. The summed E-state index contributed by atoms with van der Waals surface area (Å²) in [5.74, 6) is -1.55. The predicted octanol–water partition coefficient (Wildman–Crippen LogP) is 2.52. The molecule has 23 heavy (non-hydrogen) atoms. The standard InChI is InChI=1S/C16H16ClNO5/c1-3-6-18-15(20)9(2)22-16(21)14-8-12(19)11-7-10(17)4-5-13(11)23-14/h4-5,7-9H,3,6H2,1-2H3,(H,18,20)/t9-/m0/s1. The summed E-state index contributed by atoms with van der Waals surface area (Å²) in [6, 6.07) is 5.52. The topological polar surface area (TPSA) is 85.6 Å². The van der Waals surface area contributed by atoms with Crippen LogP contribution in [0.2, 0.25) is 5.02 Å². The lowest BCUT2D eigenvalue weighted by Gasteiger charge is -2.12. The highest BCUT2D eigenvalue weighted by Crippen LogP contribution is 2.18. The van der Waals surface area contributed by atoms with Crippen molar-refractivity contribution < 1.29 is 18.7 Å². The Morgan fingerprint density at radius 2 is 2.09 bits per heavy atom. The Kier molecular flexibility index (Phi) is 5.39. The van der Waals surface area contributed by atoms with Crippen molar-refractivity contribution >= 4 is 34.4 Å². The number of carbonyl (C=O) groups excluding carboxylic acids is 2. The van der Waals surface area contributed by atoms with E-state index >= 15 is 0 Å². The Hall–Kier alpha value is -2.34. The summed E-state index contributed by atoms with van der Waals surface area (Å²) in [4.78, 5) is 35.7. The van der Waals surface area contributed by atoms with Gasteiger partial charge in [0.15, 0.2) is 11.5 Å². The van der Waals surface area contributed by atoms with Crippen LogP contribution in [-0.2, 0) is 9.53 Å². The molecular weight excluding hydrogens is 322 g/mol. The van der Waals surface area contributed by atoms with E-state index in [0.717, 1.165) is 12.5 Å². The lowest BCUT2D eigenvalue weighted by Crippen LogP contribution is -2.36. The molecule has 1 heterocycles. The number of ether oxygens (including phenoxy) is 1. The summed E-state index contributed by atoms with van der Waals surface area (Å²) in [7, 11) is 0. The van der Waals surface area contributed by atoms with Gasteiger partial charge >= 0.3 is 5.97 Å². The Balaban J connectivity index is 2.20. The van der Waals surface area contributed by atoms with Crippen LogP contribution in [0, 0.1) is 0 Å². The van der Waals surface area contributed by atoms with Crippen LogP contribution in [-0.4, -0.2) is 24.5 Å². The van der Waals surface area contributed by atoms with Crippen molar-refractivity contribution in [2.24, 2.45) is 0 Å². The lowest BCUT2D eigenvalue weighted by molar-refractivity contribution is -0.129. The maximum absolute atomic E-state index is 12.0. The molecule has 0 spiro atoms. The molecule has 2 aromatic rings. The van der Waals surface area contributed by atoms with Crippen molar-refractivity contribution in [2.45, 2.75) is 26.4 Å². The Bertz CT molecular complexity index is 799. The summed E-state index contributed by atoms with van der Waals surface area (Å²) in [5, 5.41) is 3.27. The van der Waals surface area contributed by atoms with E-state index in [1.807, 2.05) is 6.92 Å². The van der Waals surface area contributed by atoms with Gasteiger partial charge in [0.05, 0.1) is 5.39 Å². The Labute approximate surface area is 137 Å². The normalized spacial score (nSPS) is 12.0. The number of hydrogen-bond donors (Lipinski definition) is 1. The average molecular weight is 338 g/mol.